The van der Waals surface area contributed by atoms with E-state index in [-0.39, 0.29) is 24.0 Å². The molecule has 0 atom stereocenters. The van der Waals surface area contributed by atoms with Crippen LogP contribution in [0, 0.1) is 10.1 Å². The zero-order chi connectivity index (χ0) is 20.9. The van der Waals surface area contributed by atoms with E-state index in [1.54, 1.807) is 40.5 Å². The number of carbonyl (C=O) groups is 1. The number of benzene rings is 2. The van der Waals surface area contributed by atoms with Gasteiger partial charge in [0.05, 0.1) is 17.5 Å². The molecular formula is C21H18N2O6S. The van der Waals surface area contributed by atoms with Crippen LogP contribution in [0.4, 0.5) is 11.4 Å². The summed E-state index contributed by atoms with van der Waals surface area (Å²) in [4.78, 5) is 26.1. The first-order valence-electron chi connectivity index (χ1n) is 9.20. The van der Waals surface area contributed by atoms with Gasteiger partial charge in [0, 0.05) is 22.7 Å². The van der Waals surface area contributed by atoms with E-state index in [0.29, 0.717) is 36.9 Å². The van der Waals surface area contributed by atoms with E-state index in [0.717, 1.165) is 4.88 Å². The van der Waals surface area contributed by atoms with Gasteiger partial charge in [-0.2, -0.15) is 0 Å². The number of amides is 1. The van der Waals surface area contributed by atoms with Gasteiger partial charge in [0.2, 0.25) is 0 Å². The highest BCUT2D eigenvalue weighted by molar-refractivity contribution is 7.09. The molecule has 0 bridgehead atoms. The first kappa shape index (κ1) is 19.7. The smallest absolute Gasteiger partial charge is 0.273 e. The first-order chi connectivity index (χ1) is 14.6. The molecule has 154 valence electrons. The maximum atomic E-state index is 13.0. The molecule has 0 aliphatic carbocycles. The van der Waals surface area contributed by atoms with E-state index in [2.05, 4.69) is 0 Å². The Morgan fingerprint density at radius 2 is 1.93 bits per heavy atom. The molecule has 0 saturated carbocycles. The topological polar surface area (TPSA) is 91.1 Å². The summed E-state index contributed by atoms with van der Waals surface area (Å²) in [6, 6.07) is 15.0. The molecule has 0 radical (unpaired) electrons. The van der Waals surface area contributed by atoms with E-state index in [1.807, 2.05) is 17.5 Å². The molecule has 30 heavy (non-hydrogen) atoms. The fraction of sp³-hybridized carbons (Fsp3) is 0.190. The largest absolute Gasteiger partial charge is 0.486 e. The fourth-order valence-corrected chi connectivity index (χ4v) is 3.68. The van der Waals surface area contributed by atoms with Gasteiger partial charge < -0.3 is 19.1 Å². The number of nitro groups is 1. The lowest BCUT2D eigenvalue weighted by Gasteiger charge is -2.25. The van der Waals surface area contributed by atoms with Crippen LogP contribution in [-0.4, -0.2) is 30.7 Å². The van der Waals surface area contributed by atoms with Gasteiger partial charge in [0.15, 0.2) is 18.1 Å². The molecule has 1 aliphatic rings. The molecule has 8 nitrogen and oxygen atoms in total. The van der Waals surface area contributed by atoms with Gasteiger partial charge in [-0.05, 0) is 29.6 Å². The Bertz CT molecular complexity index is 1050. The maximum Gasteiger partial charge on any atom is 0.273 e. The lowest BCUT2D eigenvalue weighted by atomic mass is 10.2. The number of fused-ring (bicyclic) bond motifs is 1. The second kappa shape index (κ2) is 8.83. The third kappa shape index (κ3) is 4.52. The Balaban J connectivity index is 1.54. The normalized spacial score (nSPS) is 12.3. The van der Waals surface area contributed by atoms with Crippen molar-refractivity contribution in [2.24, 2.45) is 0 Å². The predicted molar refractivity (Wildman–Crippen MR) is 112 cm³/mol. The molecule has 2 heterocycles. The van der Waals surface area contributed by atoms with E-state index in [9.17, 15) is 14.9 Å². The van der Waals surface area contributed by atoms with E-state index >= 15 is 0 Å². The number of rotatable bonds is 7. The van der Waals surface area contributed by atoms with Crippen molar-refractivity contribution in [3.63, 3.8) is 0 Å². The average molecular weight is 426 g/mol. The van der Waals surface area contributed by atoms with Crippen LogP contribution in [-0.2, 0) is 11.3 Å². The van der Waals surface area contributed by atoms with Crippen molar-refractivity contribution >= 4 is 28.6 Å². The van der Waals surface area contributed by atoms with Crippen LogP contribution in [0.2, 0.25) is 0 Å². The van der Waals surface area contributed by atoms with Crippen LogP contribution in [0.15, 0.2) is 60.0 Å². The molecule has 4 rings (SSSR count). The van der Waals surface area contributed by atoms with E-state index < -0.39 is 4.92 Å². The van der Waals surface area contributed by atoms with Crippen LogP contribution in [0.25, 0.3) is 0 Å². The molecular weight excluding hydrogens is 408 g/mol. The lowest BCUT2D eigenvalue weighted by molar-refractivity contribution is -0.384. The van der Waals surface area contributed by atoms with Crippen molar-refractivity contribution in [1.82, 2.24) is 0 Å². The Morgan fingerprint density at radius 3 is 2.70 bits per heavy atom. The van der Waals surface area contributed by atoms with Gasteiger partial charge in [-0.15, -0.1) is 11.3 Å². The Labute approximate surface area is 176 Å². The number of anilines is 1. The second-order valence-corrected chi connectivity index (χ2v) is 7.46. The number of carbonyl (C=O) groups excluding carboxylic acids is 1. The number of ether oxygens (including phenoxy) is 3. The first-order valence-corrected chi connectivity index (χ1v) is 10.1. The SMILES string of the molecule is O=C(COc1cccc([N+](=O)[O-])c1)N(Cc1cccs1)c1ccc2c(c1)OCCO2. The van der Waals surface area contributed by atoms with Gasteiger partial charge in [-0.3, -0.25) is 14.9 Å². The lowest BCUT2D eigenvalue weighted by Crippen LogP contribution is -2.34. The highest BCUT2D eigenvalue weighted by atomic mass is 32.1. The van der Waals surface area contributed by atoms with Crippen molar-refractivity contribution in [2.45, 2.75) is 6.54 Å². The minimum absolute atomic E-state index is 0.0952. The Kier molecular flexibility index (Phi) is 5.80. The third-order valence-corrected chi connectivity index (χ3v) is 5.28. The van der Waals surface area contributed by atoms with Crippen molar-refractivity contribution in [3.05, 3.63) is 75.0 Å². The second-order valence-electron chi connectivity index (χ2n) is 6.43. The molecule has 1 aromatic heterocycles. The molecule has 9 heteroatoms. The number of hydrogen-bond acceptors (Lipinski definition) is 7. The van der Waals surface area contributed by atoms with Gasteiger partial charge in [0.25, 0.3) is 11.6 Å². The van der Waals surface area contributed by atoms with Crippen LogP contribution in [0.3, 0.4) is 0 Å². The van der Waals surface area contributed by atoms with Gasteiger partial charge in [0.1, 0.15) is 19.0 Å². The number of nitrogens with zero attached hydrogens (tertiary/aromatic N) is 2. The summed E-state index contributed by atoms with van der Waals surface area (Å²) in [5, 5.41) is 12.9. The molecule has 1 amide bonds. The molecule has 0 spiro atoms. The molecule has 2 aromatic carbocycles. The number of thiophene rings is 1. The van der Waals surface area contributed by atoms with Crippen molar-refractivity contribution in [1.29, 1.82) is 0 Å². The standard InChI is InChI=1S/C21H18N2O6S/c24-21(14-29-17-4-1-3-16(11-17)23(25)26)22(13-18-5-2-10-30-18)15-6-7-19-20(12-15)28-9-8-27-19/h1-7,10-12H,8-9,13-14H2. The number of nitro benzene ring substituents is 1. The minimum atomic E-state index is -0.507. The molecule has 0 fully saturated rings. The zero-order valence-electron chi connectivity index (χ0n) is 15.9. The summed E-state index contributed by atoms with van der Waals surface area (Å²) in [5.74, 6) is 1.20. The fourth-order valence-electron chi connectivity index (χ4n) is 2.99. The van der Waals surface area contributed by atoms with Crippen molar-refractivity contribution in [3.8, 4) is 17.2 Å². The van der Waals surface area contributed by atoms with E-state index in [4.69, 9.17) is 14.2 Å². The van der Waals surface area contributed by atoms with Crippen molar-refractivity contribution < 1.29 is 23.9 Å². The Hall–Kier alpha value is -3.59. The number of non-ortho nitro benzene ring substituents is 1. The van der Waals surface area contributed by atoms with Crippen LogP contribution in [0.1, 0.15) is 4.88 Å². The summed E-state index contributed by atoms with van der Waals surface area (Å²) in [7, 11) is 0. The highest BCUT2D eigenvalue weighted by Gasteiger charge is 2.21. The summed E-state index contributed by atoms with van der Waals surface area (Å²) in [6.07, 6.45) is 0. The maximum absolute atomic E-state index is 13.0. The average Bonchev–Trinajstić information content (AvgIpc) is 3.29. The zero-order valence-corrected chi connectivity index (χ0v) is 16.7. The molecule has 3 aromatic rings. The third-order valence-electron chi connectivity index (χ3n) is 4.42. The van der Waals surface area contributed by atoms with Gasteiger partial charge >= 0.3 is 0 Å². The summed E-state index contributed by atoms with van der Waals surface area (Å²) in [5.41, 5.74) is 0.558. The minimum Gasteiger partial charge on any atom is -0.486 e. The van der Waals surface area contributed by atoms with Crippen LogP contribution < -0.4 is 19.1 Å². The molecule has 1 aliphatic heterocycles. The predicted octanol–water partition coefficient (Wildman–Crippen LogP) is 4.04. The summed E-state index contributed by atoms with van der Waals surface area (Å²) >= 11 is 1.55. The van der Waals surface area contributed by atoms with Crippen molar-refractivity contribution in [2.75, 3.05) is 24.7 Å². The van der Waals surface area contributed by atoms with Gasteiger partial charge in [-0.1, -0.05) is 12.1 Å². The van der Waals surface area contributed by atoms with Crippen LogP contribution >= 0.6 is 11.3 Å². The summed E-state index contributed by atoms with van der Waals surface area (Å²) in [6.45, 7) is 1.04. The molecule has 0 N–H and O–H groups in total. The molecule has 0 saturated heterocycles. The highest BCUT2D eigenvalue weighted by Crippen LogP contribution is 2.34. The molecule has 0 unspecified atom stereocenters. The Morgan fingerprint density at radius 1 is 1.10 bits per heavy atom. The summed E-state index contributed by atoms with van der Waals surface area (Å²) < 4.78 is 16.7. The number of hydrogen-bond donors (Lipinski definition) is 0. The van der Waals surface area contributed by atoms with Crippen LogP contribution in [0.5, 0.6) is 17.2 Å². The quantitative estimate of drug-likeness (QED) is 0.418. The monoisotopic (exact) mass is 426 g/mol. The van der Waals surface area contributed by atoms with Gasteiger partial charge in [-0.25, -0.2) is 0 Å². The van der Waals surface area contributed by atoms with E-state index in [1.165, 1.54) is 18.2 Å².